The van der Waals surface area contributed by atoms with Crippen LogP contribution in [0, 0.1) is 6.92 Å². The van der Waals surface area contributed by atoms with Gasteiger partial charge in [-0.25, -0.2) is 9.88 Å². The smallest absolute Gasteiger partial charge is 0.291 e. The Morgan fingerprint density at radius 3 is 2.75 bits per heavy atom. The minimum atomic E-state index is -0.634. The number of hydrogen-bond donors (Lipinski definition) is 1. The van der Waals surface area contributed by atoms with Crippen LogP contribution in [0.15, 0.2) is 52.4 Å². The molecular weight excluding hydrogens is 374 g/mol. The third-order valence-electron chi connectivity index (χ3n) is 4.70. The number of anilines is 1. The van der Waals surface area contributed by atoms with E-state index in [9.17, 15) is 9.59 Å². The van der Waals surface area contributed by atoms with E-state index < -0.39 is 6.17 Å². The number of nitrogens with zero attached hydrogens (tertiary/aromatic N) is 4. The van der Waals surface area contributed by atoms with Gasteiger partial charge in [-0.15, -0.1) is 0 Å². The van der Waals surface area contributed by atoms with Crippen LogP contribution in [0.3, 0.4) is 0 Å². The van der Waals surface area contributed by atoms with Crippen molar-refractivity contribution in [3.63, 3.8) is 0 Å². The molecule has 0 spiro atoms. The molecule has 3 heterocycles. The molecule has 0 aliphatic carbocycles. The number of nitrogens with one attached hydrogen (secondary N) is 1. The highest BCUT2D eigenvalue weighted by molar-refractivity contribution is 7.98. The summed E-state index contributed by atoms with van der Waals surface area (Å²) >= 11 is 1.34. The summed E-state index contributed by atoms with van der Waals surface area (Å²) in [6.45, 7) is 3.72. The number of carbonyl (C=O) groups is 1. The molecular formula is C20H20N5O2S+. The third kappa shape index (κ3) is 2.90. The minimum absolute atomic E-state index is 0.0633. The van der Waals surface area contributed by atoms with E-state index >= 15 is 0 Å². The number of aryl methyl sites for hydroxylation is 1. The van der Waals surface area contributed by atoms with Crippen LogP contribution in [0.5, 0.6) is 0 Å². The lowest BCUT2D eigenvalue weighted by molar-refractivity contribution is -0.763. The van der Waals surface area contributed by atoms with Gasteiger partial charge >= 0.3 is 17.4 Å². The Morgan fingerprint density at radius 2 is 2.04 bits per heavy atom. The first-order valence-corrected chi connectivity index (χ1v) is 10.2. The molecule has 1 aromatic carbocycles. The molecule has 0 radical (unpaired) electrons. The van der Waals surface area contributed by atoms with Gasteiger partial charge in [-0.1, -0.05) is 36.9 Å². The van der Waals surface area contributed by atoms with Crippen LogP contribution in [-0.2, 0) is 4.79 Å². The average molecular weight is 394 g/mol. The Bertz CT molecular complexity index is 1130. The van der Waals surface area contributed by atoms with Crippen molar-refractivity contribution in [3.8, 4) is 11.3 Å². The second-order valence-corrected chi connectivity index (χ2v) is 7.26. The summed E-state index contributed by atoms with van der Waals surface area (Å²) in [7, 11) is 0. The number of amides is 1. The van der Waals surface area contributed by atoms with Crippen molar-refractivity contribution in [2.45, 2.75) is 31.6 Å². The molecule has 8 heteroatoms. The van der Waals surface area contributed by atoms with Crippen molar-refractivity contribution < 1.29 is 9.48 Å². The molecule has 1 N–H and O–H groups in total. The molecule has 0 bridgehead atoms. The molecule has 0 saturated carbocycles. The lowest BCUT2D eigenvalue weighted by atomic mass is 10.0. The number of rotatable bonds is 3. The van der Waals surface area contributed by atoms with Crippen LogP contribution in [-0.4, -0.2) is 27.2 Å². The molecule has 0 saturated heterocycles. The van der Waals surface area contributed by atoms with Crippen molar-refractivity contribution in [1.82, 2.24) is 15.1 Å². The maximum Gasteiger partial charge on any atom is 0.325 e. The molecule has 142 valence electrons. The number of hydrogen-bond acceptors (Lipinski definition) is 5. The van der Waals surface area contributed by atoms with Gasteiger partial charge in [-0.05, 0) is 42.1 Å². The zero-order valence-electron chi connectivity index (χ0n) is 15.8. The Balaban J connectivity index is 2.10. The van der Waals surface area contributed by atoms with Gasteiger partial charge < -0.3 is 0 Å². The third-order valence-corrected chi connectivity index (χ3v) is 5.27. The summed E-state index contributed by atoms with van der Waals surface area (Å²) < 4.78 is 1.63. The molecule has 1 aliphatic rings. The van der Waals surface area contributed by atoms with E-state index in [0.29, 0.717) is 34.2 Å². The maximum atomic E-state index is 13.0. The van der Waals surface area contributed by atoms with E-state index in [1.54, 1.807) is 9.58 Å². The van der Waals surface area contributed by atoms with Crippen molar-refractivity contribution in [3.05, 3.63) is 64.2 Å². The van der Waals surface area contributed by atoms with E-state index in [1.165, 1.54) is 11.8 Å². The monoisotopic (exact) mass is 394 g/mol. The van der Waals surface area contributed by atoms with Crippen molar-refractivity contribution >= 4 is 23.4 Å². The number of fused-ring (bicyclic) bond motifs is 3. The SMILES string of the molecule is CCC(=O)N1c2ccccc2-c2c(=O)[nH]c(SC)n[n+]2[C@@H]1c1cccc(C)n1. The van der Waals surface area contributed by atoms with Crippen molar-refractivity contribution in [1.29, 1.82) is 0 Å². The van der Waals surface area contributed by atoms with Gasteiger partial charge in [0.2, 0.25) is 11.1 Å². The fraction of sp³-hybridized carbons (Fsp3) is 0.250. The highest BCUT2D eigenvalue weighted by Crippen LogP contribution is 2.37. The Hall–Kier alpha value is -3.00. The first-order chi connectivity index (χ1) is 13.5. The first kappa shape index (κ1) is 18.4. The predicted octanol–water partition coefficient (Wildman–Crippen LogP) is 2.45. The molecule has 1 aliphatic heterocycles. The molecule has 2 aromatic heterocycles. The lowest BCUT2D eigenvalue weighted by Crippen LogP contribution is -2.61. The second-order valence-electron chi connectivity index (χ2n) is 6.47. The second kappa shape index (κ2) is 7.20. The zero-order valence-corrected chi connectivity index (χ0v) is 16.7. The summed E-state index contributed by atoms with van der Waals surface area (Å²) in [5.74, 6) is -0.0633. The largest absolute Gasteiger partial charge is 0.325 e. The van der Waals surface area contributed by atoms with E-state index in [2.05, 4.69) is 15.1 Å². The van der Waals surface area contributed by atoms with Crippen LogP contribution >= 0.6 is 11.8 Å². The topological polar surface area (TPSA) is 82.8 Å². The van der Waals surface area contributed by atoms with Crippen LogP contribution in [0.25, 0.3) is 11.3 Å². The normalized spacial score (nSPS) is 15.1. The zero-order chi connectivity index (χ0) is 19.8. The Kier molecular flexibility index (Phi) is 4.72. The van der Waals surface area contributed by atoms with Gasteiger partial charge in [0.15, 0.2) is 0 Å². The summed E-state index contributed by atoms with van der Waals surface area (Å²) in [6, 6.07) is 13.1. The highest BCUT2D eigenvalue weighted by atomic mass is 32.2. The number of pyridine rings is 1. The van der Waals surface area contributed by atoms with Gasteiger partial charge in [0.1, 0.15) is 5.69 Å². The quantitative estimate of drug-likeness (QED) is 0.545. The van der Waals surface area contributed by atoms with Crippen LogP contribution < -0.4 is 15.1 Å². The summed E-state index contributed by atoms with van der Waals surface area (Å²) in [5.41, 5.74) is 3.03. The van der Waals surface area contributed by atoms with E-state index in [-0.39, 0.29) is 11.5 Å². The van der Waals surface area contributed by atoms with Gasteiger partial charge in [-0.2, -0.15) is 0 Å². The average Bonchev–Trinajstić information content (AvgIpc) is 2.71. The molecule has 1 atom stereocenters. The Labute approximate surface area is 166 Å². The molecule has 0 fully saturated rings. The Morgan fingerprint density at radius 1 is 1.25 bits per heavy atom. The molecule has 28 heavy (non-hydrogen) atoms. The van der Waals surface area contributed by atoms with Gasteiger partial charge in [-0.3, -0.25) is 14.6 Å². The number of benzene rings is 1. The van der Waals surface area contributed by atoms with Crippen molar-refractivity contribution in [2.24, 2.45) is 0 Å². The summed E-state index contributed by atoms with van der Waals surface area (Å²) in [6.07, 6.45) is 1.53. The fourth-order valence-corrected chi connectivity index (χ4v) is 3.84. The fourth-order valence-electron chi connectivity index (χ4n) is 3.48. The van der Waals surface area contributed by atoms with Crippen LogP contribution in [0.4, 0.5) is 5.69 Å². The summed E-state index contributed by atoms with van der Waals surface area (Å²) in [4.78, 5) is 35.1. The number of aromatic amines is 1. The molecule has 3 aromatic rings. The predicted molar refractivity (Wildman–Crippen MR) is 107 cm³/mol. The lowest BCUT2D eigenvalue weighted by Gasteiger charge is -2.31. The van der Waals surface area contributed by atoms with E-state index in [1.807, 2.05) is 62.6 Å². The van der Waals surface area contributed by atoms with Crippen LogP contribution in [0.1, 0.15) is 30.9 Å². The standard InChI is InChI=1S/C20H19N5O2S/c1-4-16(26)24-15-11-6-5-9-13(15)17-18(27)22-20(28-3)23-25(17)19(24)14-10-7-8-12(2)21-14/h5-11,19H,4H2,1-3H3/p+1/t19-/m1/s1. The van der Waals surface area contributed by atoms with Gasteiger partial charge in [0, 0.05) is 17.2 Å². The number of para-hydroxylation sites is 1. The molecule has 4 rings (SSSR count). The van der Waals surface area contributed by atoms with Gasteiger partial charge in [0.25, 0.3) is 0 Å². The molecule has 7 nitrogen and oxygen atoms in total. The van der Waals surface area contributed by atoms with E-state index in [4.69, 9.17) is 0 Å². The van der Waals surface area contributed by atoms with Crippen molar-refractivity contribution in [2.75, 3.05) is 11.2 Å². The molecule has 1 amide bonds. The number of aromatic nitrogens is 4. The highest BCUT2D eigenvalue weighted by Gasteiger charge is 2.46. The number of carbonyl (C=O) groups excluding carboxylic acids is 1. The number of thioether (sulfide) groups is 1. The summed E-state index contributed by atoms with van der Waals surface area (Å²) in [5, 5.41) is 5.12. The van der Waals surface area contributed by atoms with Gasteiger partial charge in [0.05, 0.1) is 11.3 Å². The molecule has 0 unspecified atom stereocenters. The maximum absolute atomic E-state index is 13.0. The van der Waals surface area contributed by atoms with Crippen LogP contribution in [0.2, 0.25) is 0 Å². The number of H-pyrrole nitrogens is 1. The van der Waals surface area contributed by atoms with E-state index in [0.717, 1.165) is 5.69 Å². The minimum Gasteiger partial charge on any atom is -0.291 e. The first-order valence-electron chi connectivity index (χ1n) is 9.00.